The van der Waals surface area contributed by atoms with Gasteiger partial charge in [-0.05, 0) is 18.1 Å². The molecule has 1 unspecified atom stereocenters. The number of alkyl halides is 3. The zero-order valence-corrected chi connectivity index (χ0v) is 17.0. The van der Waals surface area contributed by atoms with Crippen molar-refractivity contribution >= 4 is 17.0 Å². The predicted octanol–water partition coefficient (Wildman–Crippen LogP) is 3.16. The summed E-state index contributed by atoms with van der Waals surface area (Å²) in [5, 5.41) is 18.2. The predicted molar refractivity (Wildman–Crippen MR) is 105 cm³/mol. The maximum absolute atomic E-state index is 13.4. The largest absolute Gasteiger partial charge is 0.416 e. The van der Waals surface area contributed by atoms with Crippen molar-refractivity contribution in [3.63, 3.8) is 0 Å². The van der Waals surface area contributed by atoms with Gasteiger partial charge in [0.05, 0.1) is 18.2 Å². The molecule has 0 spiro atoms. The summed E-state index contributed by atoms with van der Waals surface area (Å²) in [5.41, 5.74) is -0.210. The molecule has 0 amide bonds. The third kappa shape index (κ3) is 3.83. The molecule has 160 valence electrons. The highest BCUT2D eigenvalue weighted by atomic mass is 19.4. The van der Waals surface area contributed by atoms with Crippen molar-refractivity contribution in [3.8, 4) is 0 Å². The van der Waals surface area contributed by atoms with Crippen LogP contribution >= 0.6 is 0 Å². The van der Waals surface area contributed by atoms with E-state index in [1.165, 1.54) is 16.8 Å². The first-order chi connectivity index (χ1) is 14.0. The minimum absolute atomic E-state index is 0.0888. The summed E-state index contributed by atoms with van der Waals surface area (Å²) in [6.45, 7) is 6.80. The molecule has 1 fully saturated rings. The van der Waals surface area contributed by atoms with Crippen LogP contribution in [0.5, 0.6) is 0 Å². The molecule has 0 bridgehead atoms. The lowest BCUT2D eigenvalue weighted by Gasteiger charge is -2.22. The van der Waals surface area contributed by atoms with E-state index in [-0.39, 0.29) is 17.5 Å². The van der Waals surface area contributed by atoms with Crippen molar-refractivity contribution < 1.29 is 18.3 Å². The number of hydrogen-bond acceptors (Lipinski definition) is 6. The van der Waals surface area contributed by atoms with E-state index in [2.05, 4.69) is 20.3 Å². The number of aliphatic hydroxyl groups is 1. The Kier molecular flexibility index (Phi) is 4.92. The Balaban J connectivity index is 1.83. The van der Waals surface area contributed by atoms with Crippen molar-refractivity contribution in [2.24, 2.45) is 0 Å². The van der Waals surface area contributed by atoms with Crippen LogP contribution in [0.15, 0.2) is 24.3 Å². The monoisotopic (exact) mass is 420 g/mol. The Morgan fingerprint density at radius 3 is 2.50 bits per heavy atom. The van der Waals surface area contributed by atoms with Gasteiger partial charge in [0.25, 0.3) is 0 Å². The van der Waals surface area contributed by atoms with Gasteiger partial charge in [-0.25, -0.2) is 14.6 Å². The highest BCUT2D eigenvalue weighted by Crippen LogP contribution is 2.33. The summed E-state index contributed by atoms with van der Waals surface area (Å²) < 4.78 is 41.6. The van der Waals surface area contributed by atoms with E-state index in [4.69, 9.17) is 0 Å². The number of fused-ring (bicyclic) bond motifs is 1. The van der Waals surface area contributed by atoms with E-state index in [0.717, 1.165) is 6.07 Å². The minimum atomic E-state index is -4.46. The van der Waals surface area contributed by atoms with Crippen LogP contribution < -0.4 is 4.90 Å². The third-order valence-corrected chi connectivity index (χ3v) is 5.12. The van der Waals surface area contributed by atoms with Crippen molar-refractivity contribution in [3.05, 3.63) is 41.2 Å². The molecule has 30 heavy (non-hydrogen) atoms. The molecular weight excluding hydrogens is 397 g/mol. The fraction of sp³-hybridized carbons (Fsp3) is 0.500. The first kappa shape index (κ1) is 20.5. The summed E-state index contributed by atoms with van der Waals surface area (Å²) in [4.78, 5) is 11.2. The van der Waals surface area contributed by atoms with Gasteiger partial charge >= 0.3 is 6.18 Å². The van der Waals surface area contributed by atoms with Crippen molar-refractivity contribution in [2.75, 3.05) is 18.0 Å². The highest BCUT2D eigenvalue weighted by molar-refractivity contribution is 5.83. The number of nitrogens with zero attached hydrogens (tertiary/aromatic N) is 6. The first-order valence-electron chi connectivity index (χ1n) is 9.74. The van der Waals surface area contributed by atoms with Gasteiger partial charge in [-0.2, -0.15) is 13.2 Å². The van der Waals surface area contributed by atoms with Crippen LogP contribution in [0.1, 0.15) is 44.1 Å². The average Bonchev–Trinajstić information content (AvgIpc) is 3.26. The van der Waals surface area contributed by atoms with Gasteiger partial charge in [0.2, 0.25) is 0 Å². The van der Waals surface area contributed by atoms with Gasteiger partial charge < -0.3 is 10.0 Å². The molecule has 3 aromatic rings. The third-order valence-electron chi connectivity index (χ3n) is 5.12. The molecule has 1 saturated heterocycles. The van der Waals surface area contributed by atoms with Crippen LogP contribution in [0.3, 0.4) is 0 Å². The van der Waals surface area contributed by atoms with E-state index < -0.39 is 17.8 Å². The lowest BCUT2D eigenvalue weighted by molar-refractivity contribution is -0.138. The number of hydrogen-bond donors (Lipinski definition) is 1. The summed E-state index contributed by atoms with van der Waals surface area (Å²) in [6.07, 6.45) is -4.31. The van der Waals surface area contributed by atoms with Gasteiger partial charge in [-0.1, -0.05) is 44.2 Å². The normalized spacial score (nSPS) is 17.8. The molecule has 0 radical (unpaired) electrons. The zero-order valence-electron chi connectivity index (χ0n) is 17.0. The van der Waals surface area contributed by atoms with Gasteiger partial charge in [0, 0.05) is 18.5 Å². The summed E-state index contributed by atoms with van der Waals surface area (Å²) in [6, 6.07) is 5.42. The number of aromatic nitrogens is 5. The molecule has 1 N–H and O–H groups in total. The molecule has 1 aliphatic rings. The molecule has 0 saturated carbocycles. The van der Waals surface area contributed by atoms with E-state index in [9.17, 15) is 18.3 Å². The number of anilines is 1. The molecule has 1 aromatic carbocycles. The fourth-order valence-electron chi connectivity index (χ4n) is 3.53. The van der Waals surface area contributed by atoms with Crippen LogP contribution in [-0.4, -0.2) is 49.3 Å². The van der Waals surface area contributed by atoms with Crippen LogP contribution in [0.4, 0.5) is 19.0 Å². The fourth-order valence-corrected chi connectivity index (χ4v) is 3.53. The molecule has 7 nitrogen and oxygen atoms in total. The molecule has 0 aliphatic carbocycles. The second-order valence-electron chi connectivity index (χ2n) is 8.58. The second-order valence-corrected chi connectivity index (χ2v) is 8.58. The highest BCUT2D eigenvalue weighted by Gasteiger charge is 2.34. The Labute approximate surface area is 171 Å². The Hall–Kier alpha value is -2.75. The molecule has 4 rings (SSSR count). The Morgan fingerprint density at radius 1 is 1.13 bits per heavy atom. The number of aliphatic hydroxyl groups excluding tert-OH is 1. The SMILES string of the molecule is CC(C)(C)c1nc(N2CCC(O)C2)c2nnn(Cc3ccccc3C(F)(F)F)c2n1. The molecule has 1 aliphatic heterocycles. The van der Waals surface area contributed by atoms with Gasteiger partial charge in [0.15, 0.2) is 17.0 Å². The zero-order chi connectivity index (χ0) is 21.7. The van der Waals surface area contributed by atoms with Crippen LogP contribution in [-0.2, 0) is 18.1 Å². The number of benzene rings is 1. The number of β-amino-alcohol motifs (C(OH)–C–C–N with tert-alkyl or cyclic N) is 1. The molecule has 2 aromatic heterocycles. The maximum Gasteiger partial charge on any atom is 0.416 e. The van der Waals surface area contributed by atoms with Gasteiger partial charge in [-0.15, -0.1) is 5.10 Å². The lowest BCUT2D eigenvalue weighted by atomic mass is 9.96. The van der Waals surface area contributed by atoms with E-state index >= 15 is 0 Å². The summed E-state index contributed by atoms with van der Waals surface area (Å²) in [7, 11) is 0. The van der Waals surface area contributed by atoms with E-state index in [1.54, 1.807) is 6.07 Å². The molecule has 1 atom stereocenters. The second kappa shape index (κ2) is 7.19. The van der Waals surface area contributed by atoms with Crippen molar-refractivity contribution in [2.45, 2.75) is 51.4 Å². The maximum atomic E-state index is 13.4. The van der Waals surface area contributed by atoms with Gasteiger partial charge in [0.1, 0.15) is 5.82 Å². The molecule has 10 heteroatoms. The van der Waals surface area contributed by atoms with Gasteiger partial charge in [-0.3, -0.25) is 0 Å². The lowest BCUT2D eigenvalue weighted by Crippen LogP contribution is -2.25. The smallest absolute Gasteiger partial charge is 0.391 e. The molecular formula is C20H23F3N6O. The Morgan fingerprint density at radius 2 is 1.87 bits per heavy atom. The number of halogens is 3. The van der Waals surface area contributed by atoms with Crippen LogP contribution in [0.2, 0.25) is 0 Å². The number of rotatable bonds is 3. The van der Waals surface area contributed by atoms with E-state index in [1.807, 2.05) is 25.7 Å². The van der Waals surface area contributed by atoms with Crippen LogP contribution in [0.25, 0.3) is 11.2 Å². The molecule has 3 heterocycles. The van der Waals surface area contributed by atoms with E-state index in [0.29, 0.717) is 42.3 Å². The van der Waals surface area contributed by atoms with Crippen molar-refractivity contribution in [1.29, 1.82) is 0 Å². The first-order valence-corrected chi connectivity index (χ1v) is 9.74. The van der Waals surface area contributed by atoms with Crippen LogP contribution in [0, 0.1) is 0 Å². The average molecular weight is 420 g/mol. The Bertz CT molecular complexity index is 1070. The van der Waals surface area contributed by atoms with Crippen molar-refractivity contribution in [1.82, 2.24) is 25.0 Å². The quantitative estimate of drug-likeness (QED) is 0.701. The standard InChI is InChI=1S/C20H23F3N6O/c1-19(2,3)18-24-16(28-9-8-13(30)11-28)15-17(25-18)29(27-26-15)10-12-6-4-5-7-14(12)20(21,22)23/h4-7,13,30H,8-11H2,1-3H3. The summed E-state index contributed by atoms with van der Waals surface area (Å²) >= 11 is 0. The summed E-state index contributed by atoms with van der Waals surface area (Å²) in [5.74, 6) is 1.09. The topological polar surface area (TPSA) is 80.0 Å². The minimum Gasteiger partial charge on any atom is -0.391 e.